The molecule has 0 saturated carbocycles. The van der Waals surface area contributed by atoms with Crippen LogP contribution in [0.1, 0.15) is 5.76 Å². The fourth-order valence-corrected chi connectivity index (χ4v) is 1.65. The molecular weight excluding hydrogens is 228 g/mol. The molecule has 0 bridgehead atoms. The molecule has 0 atom stereocenters. The zero-order valence-electron chi connectivity index (χ0n) is 9.69. The Labute approximate surface area is 104 Å². The fraction of sp³-hybridized carbons (Fsp3) is 0.0714. The predicted molar refractivity (Wildman–Crippen MR) is 66.6 cm³/mol. The van der Waals surface area contributed by atoms with Gasteiger partial charge < -0.3 is 9.15 Å². The Hall–Kier alpha value is -2.49. The smallest absolute Gasteiger partial charge is 0.158 e. The Bertz CT molecular complexity index is 600. The molecular formula is C14H12N2O2. The van der Waals surface area contributed by atoms with E-state index in [1.807, 2.05) is 48.7 Å². The van der Waals surface area contributed by atoms with Crippen molar-refractivity contribution in [3.63, 3.8) is 0 Å². The van der Waals surface area contributed by atoms with Gasteiger partial charge in [-0.25, -0.2) is 4.68 Å². The number of aromatic nitrogens is 2. The van der Waals surface area contributed by atoms with Crippen LogP contribution < -0.4 is 4.74 Å². The SMILES string of the molecule is c1ccc(-n2cc(OCc3ccco3)cn2)cc1. The minimum atomic E-state index is 0.410. The molecule has 90 valence electrons. The maximum absolute atomic E-state index is 5.58. The van der Waals surface area contributed by atoms with Gasteiger partial charge in [0.1, 0.15) is 12.4 Å². The largest absolute Gasteiger partial charge is 0.482 e. The van der Waals surface area contributed by atoms with Crippen LogP contribution in [-0.2, 0) is 6.61 Å². The summed E-state index contributed by atoms with van der Waals surface area (Å²) in [7, 11) is 0. The summed E-state index contributed by atoms with van der Waals surface area (Å²) in [6.45, 7) is 0.410. The van der Waals surface area contributed by atoms with E-state index in [-0.39, 0.29) is 0 Å². The van der Waals surface area contributed by atoms with Gasteiger partial charge in [0.2, 0.25) is 0 Å². The minimum absolute atomic E-state index is 0.410. The zero-order valence-corrected chi connectivity index (χ0v) is 9.69. The number of hydrogen-bond donors (Lipinski definition) is 0. The lowest BCUT2D eigenvalue weighted by Crippen LogP contribution is -1.94. The summed E-state index contributed by atoms with van der Waals surface area (Å²) < 4.78 is 12.5. The predicted octanol–water partition coefficient (Wildman–Crippen LogP) is 3.04. The molecule has 0 saturated heterocycles. The fourth-order valence-electron chi connectivity index (χ4n) is 1.65. The topological polar surface area (TPSA) is 40.2 Å². The highest BCUT2D eigenvalue weighted by atomic mass is 16.5. The molecule has 18 heavy (non-hydrogen) atoms. The van der Waals surface area contributed by atoms with Crippen molar-refractivity contribution in [3.05, 3.63) is 66.9 Å². The minimum Gasteiger partial charge on any atom is -0.482 e. The van der Waals surface area contributed by atoms with Gasteiger partial charge in [0.05, 0.1) is 24.3 Å². The Kier molecular flexibility index (Phi) is 2.84. The number of nitrogens with zero attached hydrogens (tertiary/aromatic N) is 2. The average Bonchev–Trinajstić information content (AvgIpc) is 3.09. The molecule has 0 radical (unpaired) electrons. The van der Waals surface area contributed by atoms with E-state index in [2.05, 4.69) is 5.10 Å². The third-order valence-electron chi connectivity index (χ3n) is 2.54. The quantitative estimate of drug-likeness (QED) is 0.703. The molecule has 4 heteroatoms. The van der Waals surface area contributed by atoms with E-state index in [1.165, 1.54) is 0 Å². The van der Waals surface area contributed by atoms with Gasteiger partial charge >= 0.3 is 0 Å². The second-order valence-electron chi connectivity index (χ2n) is 3.82. The molecule has 0 aliphatic heterocycles. The first-order valence-corrected chi connectivity index (χ1v) is 5.67. The summed E-state index contributed by atoms with van der Waals surface area (Å²) in [6.07, 6.45) is 5.17. The van der Waals surface area contributed by atoms with Gasteiger partial charge in [0, 0.05) is 0 Å². The average molecular weight is 240 g/mol. The van der Waals surface area contributed by atoms with Crippen molar-refractivity contribution in [2.45, 2.75) is 6.61 Å². The number of hydrogen-bond acceptors (Lipinski definition) is 3. The van der Waals surface area contributed by atoms with Crippen LogP contribution in [0.4, 0.5) is 0 Å². The summed E-state index contributed by atoms with van der Waals surface area (Å²) >= 11 is 0. The molecule has 0 fully saturated rings. The zero-order chi connectivity index (χ0) is 12.2. The van der Waals surface area contributed by atoms with E-state index in [0.717, 1.165) is 17.2 Å². The van der Waals surface area contributed by atoms with Gasteiger partial charge in [-0.15, -0.1) is 0 Å². The van der Waals surface area contributed by atoms with E-state index in [9.17, 15) is 0 Å². The van der Waals surface area contributed by atoms with Crippen LogP contribution in [0.2, 0.25) is 0 Å². The second kappa shape index (κ2) is 4.79. The lowest BCUT2D eigenvalue weighted by Gasteiger charge is -2.00. The number of benzene rings is 1. The summed E-state index contributed by atoms with van der Waals surface area (Å²) in [5, 5.41) is 4.25. The van der Waals surface area contributed by atoms with Crippen LogP contribution in [0.25, 0.3) is 5.69 Å². The van der Waals surface area contributed by atoms with Crippen LogP contribution >= 0.6 is 0 Å². The van der Waals surface area contributed by atoms with Gasteiger partial charge in [-0.2, -0.15) is 5.10 Å². The molecule has 0 spiro atoms. The Morgan fingerprint density at radius 1 is 1.11 bits per heavy atom. The van der Waals surface area contributed by atoms with E-state index >= 15 is 0 Å². The molecule has 3 rings (SSSR count). The van der Waals surface area contributed by atoms with Gasteiger partial charge in [0.15, 0.2) is 5.75 Å². The molecule has 0 aliphatic rings. The molecule has 0 amide bonds. The molecule has 0 unspecified atom stereocenters. The summed E-state index contributed by atoms with van der Waals surface area (Å²) in [5.74, 6) is 1.51. The molecule has 2 heterocycles. The van der Waals surface area contributed by atoms with Gasteiger partial charge in [-0.3, -0.25) is 0 Å². The van der Waals surface area contributed by atoms with Gasteiger partial charge in [-0.05, 0) is 24.3 Å². The monoisotopic (exact) mass is 240 g/mol. The summed E-state index contributed by atoms with van der Waals surface area (Å²) in [4.78, 5) is 0. The Morgan fingerprint density at radius 3 is 2.78 bits per heavy atom. The van der Waals surface area contributed by atoms with Crippen LogP contribution in [0.15, 0.2) is 65.5 Å². The highest BCUT2D eigenvalue weighted by Gasteiger charge is 2.02. The van der Waals surface area contributed by atoms with Crippen molar-refractivity contribution < 1.29 is 9.15 Å². The lowest BCUT2D eigenvalue weighted by molar-refractivity contribution is 0.270. The van der Waals surface area contributed by atoms with E-state index < -0.39 is 0 Å². The summed E-state index contributed by atoms with van der Waals surface area (Å²) in [6, 6.07) is 13.6. The van der Waals surface area contributed by atoms with Crippen LogP contribution in [0.3, 0.4) is 0 Å². The van der Waals surface area contributed by atoms with E-state index in [1.54, 1.807) is 17.1 Å². The van der Waals surface area contributed by atoms with Crippen molar-refractivity contribution in [2.24, 2.45) is 0 Å². The first-order valence-electron chi connectivity index (χ1n) is 5.67. The van der Waals surface area contributed by atoms with Crippen LogP contribution in [0.5, 0.6) is 5.75 Å². The normalized spacial score (nSPS) is 10.4. The third kappa shape index (κ3) is 2.27. The van der Waals surface area contributed by atoms with Gasteiger partial charge in [-0.1, -0.05) is 18.2 Å². The maximum Gasteiger partial charge on any atom is 0.158 e. The molecule has 1 aromatic carbocycles. The lowest BCUT2D eigenvalue weighted by atomic mass is 10.3. The highest BCUT2D eigenvalue weighted by Crippen LogP contribution is 2.15. The maximum atomic E-state index is 5.58. The second-order valence-corrected chi connectivity index (χ2v) is 3.82. The number of furan rings is 1. The highest BCUT2D eigenvalue weighted by molar-refractivity contribution is 5.32. The van der Waals surface area contributed by atoms with E-state index in [4.69, 9.17) is 9.15 Å². The van der Waals surface area contributed by atoms with Crippen molar-refractivity contribution in [2.75, 3.05) is 0 Å². The van der Waals surface area contributed by atoms with Crippen molar-refractivity contribution in [3.8, 4) is 11.4 Å². The standard InChI is InChI=1S/C14H12N2O2/c1-2-5-12(6-3-1)16-10-14(9-15-16)18-11-13-7-4-8-17-13/h1-10H,11H2. The number of ether oxygens (including phenoxy) is 1. The van der Waals surface area contributed by atoms with Crippen molar-refractivity contribution >= 4 is 0 Å². The summed E-state index contributed by atoms with van der Waals surface area (Å²) in [5.41, 5.74) is 1.00. The molecule has 0 aliphatic carbocycles. The van der Waals surface area contributed by atoms with Crippen molar-refractivity contribution in [1.82, 2.24) is 9.78 Å². The first kappa shape index (κ1) is 10.7. The van der Waals surface area contributed by atoms with Crippen LogP contribution in [0, 0.1) is 0 Å². The van der Waals surface area contributed by atoms with E-state index in [0.29, 0.717) is 6.61 Å². The molecule has 4 nitrogen and oxygen atoms in total. The Balaban J connectivity index is 1.70. The van der Waals surface area contributed by atoms with Crippen molar-refractivity contribution in [1.29, 1.82) is 0 Å². The number of rotatable bonds is 4. The van der Waals surface area contributed by atoms with Crippen LogP contribution in [-0.4, -0.2) is 9.78 Å². The van der Waals surface area contributed by atoms with Gasteiger partial charge in [0.25, 0.3) is 0 Å². The third-order valence-corrected chi connectivity index (χ3v) is 2.54. The molecule has 3 aromatic rings. The Morgan fingerprint density at radius 2 is 2.00 bits per heavy atom. The molecule has 0 N–H and O–H groups in total. The molecule has 2 aromatic heterocycles. The number of para-hydroxylation sites is 1. The first-order chi connectivity index (χ1) is 8.92.